The van der Waals surface area contributed by atoms with Crippen molar-refractivity contribution in [3.8, 4) is 10.6 Å². The summed E-state index contributed by atoms with van der Waals surface area (Å²) in [4.78, 5) is 0. The Balaban J connectivity index is 1.80. The molecule has 2 heterocycles. The number of benzene rings is 1. The van der Waals surface area contributed by atoms with Crippen molar-refractivity contribution in [3.63, 3.8) is 0 Å². The lowest BCUT2D eigenvalue weighted by atomic mass is 10.1. The zero-order valence-electron chi connectivity index (χ0n) is 11.6. The molecule has 1 unspecified atom stereocenters. The number of halogens is 1. The molecule has 0 fully saturated rings. The van der Waals surface area contributed by atoms with Gasteiger partial charge in [0.25, 0.3) is 0 Å². The lowest BCUT2D eigenvalue weighted by Crippen LogP contribution is -2.11. The van der Waals surface area contributed by atoms with Crippen molar-refractivity contribution in [2.75, 3.05) is 11.9 Å². The average Bonchev–Trinajstić information content (AvgIpc) is 3.19. The molecule has 5 nitrogen and oxygen atoms in total. The Hall–Kier alpha value is -1.89. The van der Waals surface area contributed by atoms with Gasteiger partial charge in [-0.05, 0) is 24.6 Å². The van der Waals surface area contributed by atoms with E-state index in [1.165, 1.54) is 11.3 Å². The third-order valence-electron chi connectivity index (χ3n) is 3.13. The van der Waals surface area contributed by atoms with Gasteiger partial charge in [-0.2, -0.15) is 0 Å². The third-order valence-corrected chi connectivity index (χ3v) is 4.35. The molecule has 0 amide bonds. The number of hydrogen-bond acceptors (Lipinski definition) is 6. The fourth-order valence-electron chi connectivity index (χ4n) is 2.08. The Morgan fingerprint density at radius 3 is 2.82 bits per heavy atom. The van der Waals surface area contributed by atoms with Crippen LogP contribution in [0.4, 0.5) is 5.13 Å². The standard InChI is InChI=1S/C15H14ClN3O2S/c16-11-5-2-1-4-10(11)14-18-19-15(22-14)17-12(7-8-20)13-6-3-9-21-13/h1-6,9,12,20H,7-8H2,(H,17,19). The van der Waals surface area contributed by atoms with Gasteiger partial charge in [0.15, 0.2) is 5.01 Å². The molecule has 0 saturated carbocycles. The van der Waals surface area contributed by atoms with E-state index in [0.29, 0.717) is 16.6 Å². The van der Waals surface area contributed by atoms with Gasteiger partial charge in [0.1, 0.15) is 5.76 Å². The van der Waals surface area contributed by atoms with Crippen LogP contribution in [0.3, 0.4) is 0 Å². The minimum Gasteiger partial charge on any atom is -0.467 e. The first-order valence-corrected chi connectivity index (χ1v) is 7.96. The van der Waals surface area contributed by atoms with Crippen molar-refractivity contribution in [1.82, 2.24) is 10.2 Å². The van der Waals surface area contributed by atoms with Gasteiger partial charge in [0.2, 0.25) is 5.13 Å². The van der Waals surface area contributed by atoms with Crippen LogP contribution in [-0.2, 0) is 0 Å². The first kappa shape index (κ1) is 15.0. The van der Waals surface area contributed by atoms with Crippen molar-refractivity contribution in [2.45, 2.75) is 12.5 Å². The predicted molar refractivity (Wildman–Crippen MR) is 87.1 cm³/mol. The minimum absolute atomic E-state index is 0.0501. The van der Waals surface area contributed by atoms with Crippen LogP contribution in [0.2, 0.25) is 5.02 Å². The van der Waals surface area contributed by atoms with E-state index in [4.69, 9.17) is 16.0 Å². The minimum atomic E-state index is -0.146. The Labute approximate surface area is 136 Å². The maximum absolute atomic E-state index is 9.20. The number of hydrogen-bond donors (Lipinski definition) is 2. The van der Waals surface area contributed by atoms with Crippen LogP contribution in [-0.4, -0.2) is 21.9 Å². The van der Waals surface area contributed by atoms with Crippen LogP contribution < -0.4 is 5.32 Å². The van der Waals surface area contributed by atoms with Gasteiger partial charge in [-0.3, -0.25) is 0 Å². The Morgan fingerprint density at radius 1 is 1.23 bits per heavy atom. The summed E-state index contributed by atoms with van der Waals surface area (Å²) in [6, 6.07) is 11.0. The second-order valence-electron chi connectivity index (χ2n) is 4.62. The van der Waals surface area contributed by atoms with Crippen LogP contribution in [0.15, 0.2) is 47.1 Å². The molecular formula is C15H14ClN3O2S. The van der Waals surface area contributed by atoms with Crippen LogP contribution in [0.5, 0.6) is 0 Å². The van der Waals surface area contributed by atoms with Gasteiger partial charge >= 0.3 is 0 Å². The van der Waals surface area contributed by atoms with E-state index in [-0.39, 0.29) is 12.6 Å². The number of nitrogens with zero attached hydrogens (tertiary/aromatic N) is 2. The van der Waals surface area contributed by atoms with Crippen LogP contribution in [0.25, 0.3) is 10.6 Å². The number of aromatic nitrogens is 2. The summed E-state index contributed by atoms with van der Waals surface area (Å²) in [5.41, 5.74) is 0.853. The Kier molecular flexibility index (Phi) is 4.72. The van der Waals surface area contributed by atoms with E-state index in [1.807, 2.05) is 36.4 Å². The second-order valence-corrected chi connectivity index (χ2v) is 6.00. The van der Waals surface area contributed by atoms with Crippen molar-refractivity contribution < 1.29 is 9.52 Å². The molecule has 1 aromatic carbocycles. The maximum atomic E-state index is 9.20. The Bertz CT molecular complexity index is 730. The fourth-order valence-corrected chi connectivity index (χ4v) is 3.20. The average molecular weight is 336 g/mol. The quantitative estimate of drug-likeness (QED) is 0.712. The monoisotopic (exact) mass is 335 g/mol. The van der Waals surface area contributed by atoms with Crippen LogP contribution in [0.1, 0.15) is 18.2 Å². The van der Waals surface area contributed by atoms with E-state index >= 15 is 0 Å². The largest absolute Gasteiger partial charge is 0.467 e. The van der Waals surface area contributed by atoms with E-state index in [2.05, 4.69) is 15.5 Å². The molecule has 0 bridgehead atoms. The summed E-state index contributed by atoms with van der Waals surface area (Å²) in [6.07, 6.45) is 2.13. The molecule has 3 rings (SSSR count). The summed E-state index contributed by atoms with van der Waals surface area (Å²) in [6.45, 7) is 0.0501. The molecule has 1 atom stereocenters. The number of anilines is 1. The van der Waals surface area contributed by atoms with Gasteiger partial charge < -0.3 is 14.8 Å². The van der Waals surface area contributed by atoms with Crippen molar-refractivity contribution in [1.29, 1.82) is 0 Å². The molecule has 3 aromatic rings. The fraction of sp³-hybridized carbons (Fsp3) is 0.200. The molecular weight excluding hydrogens is 322 g/mol. The third kappa shape index (κ3) is 3.30. The van der Waals surface area contributed by atoms with E-state index in [1.54, 1.807) is 6.26 Å². The summed E-state index contributed by atoms with van der Waals surface area (Å²) in [5, 5.41) is 22.8. The van der Waals surface area contributed by atoms with Crippen LogP contribution in [0, 0.1) is 0 Å². The number of furan rings is 1. The highest BCUT2D eigenvalue weighted by molar-refractivity contribution is 7.18. The lowest BCUT2D eigenvalue weighted by Gasteiger charge is -2.13. The van der Waals surface area contributed by atoms with E-state index < -0.39 is 0 Å². The maximum Gasteiger partial charge on any atom is 0.206 e. The predicted octanol–water partition coefficient (Wildman–Crippen LogP) is 3.99. The highest BCUT2D eigenvalue weighted by Crippen LogP contribution is 2.33. The first-order chi connectivity index (χ1) is 10.8. The molecule has 2 N–H and O–H groups in total. The van der Waals surface area contributed by atoms with E-state index in [9.17, 15) is 5.11 Å². The SMILES string of the molecule is OCCC(Nc1nnc(-c2ccccc2Cl)s1)c1ccco1. The molecule has 22 heavy (non-hydrogen) atoms. The molecule has 0 radical (unpaired) electrons. The van der Waals surface area contributed by atoms with Crippen molar-refractivity contribution in [3.05, 3.63) is 53.4 Å². The van der Waals surface area contributed by atoms with Gasteiger partial charge in [-0.25, -0.2) is 0 Å². The molecule has 0 spiro atoms. The highest BCUT2D eigenvalue weighted by atomic mass is 35.5. The lowest BCUT2D eigenvalue weighted by molar-refractivity contribution is 0.273. The molecule has 0 aliphatic rings. The smallest absolute Gasteiger partial charge is 0.206 e. The summed E-state index contributed by atoms with van der Waals surface area (Å²) < 4.78 is 5.39. The highest BCUT2D eigenvalue weighted by Gasteiger charge is 2.17. The van der Waals surface area contributed by atoms with Crippen molar-refractivity contribution >= 4 is 28.1 Å². The number of aliphatic hydroxyl groups is 1. The Morgan fingerprint density at radius 2 is 2.09 bits per heavy atom. The summed E-state index contributed by atoms with van der Waals surface area (Å²) >= 11 is 7.59. The topological polar surface area (TPSA) is 71.2 Å². The molecule has 7 heteroatoms. The van der Waals surface area contributed by atoms with Crippen molar-refractivity contribution in [2.24, 2.45) is 0 Å². The van der Waals surface area contributed by atoms with Gasteiger partial charge in [-0.1, -0.05) is 41.1 Å². The number of rotatable bonds is 6. The number of nitrogens with one attached hydrogen (secondary N) is 1. The van der Waals surface area contributed by atoms with Gasteiger partial charge in [-0.15, -0.1) is 10.2 Å². The zero-order chi connectivity index (χ0) is 15.4. The summed E-state index contributed by atoms with van der Waals surface area (Å²) in [5.74, 6) is 0.753. The molecule has 2 aromatic heterocycles. The van der Waals surface area contributed by atoms with Gasteiger partial charge in [0.05, 0.1) is 17.3 Å². The number of aliphatic hydroxyl groups excluding tert-OH is 1. The van der Waals surface area contributed by atoms with E-state index in [0.717, 1.165) is 16.3 Å². The second kappa shape index (κ2) is 6.91. The molecule has 0 saturated heterocycles. The van der Waals surface area contributed by atoms with Gasteiger partial charge in [0, 0.05) is 12.2 Å². The molecule has 114 valence electrons. The normalized spacial score (nSPS) is 12.3. The molecule has 0 aliphatic heterocycles. The zero-order valence-corrected chi connectivity index (χ0v) is 13.1. The summed E-state index contributed by atoms with van der Waals surface area (Å²) in [7, 11) is 0. The first-order valence-electron chi connectivity index (χ1n) is 6.77. The van der Waals surface area contributed by atoms with Crippen LogP contribution >= 0.6 is 22.9 Å². The molecule has 0 aliphatic carbocycles.